The quantitative estimate of drug-likeness (QED) is 0.120. The maximum absolute atomic E-state index is 10.3. The van der Waals surface area contributed by atoms with E-state index in [1.54, 1.807) is 24.3 Å². The van der Waals surface area contributed by atoms with E-state index in [-0.39, 0.29) is 16.9 Å². The molecule has 218 valence electrons. The molecule has 7 aromatic rings. The molecule has 10 heteroatoms. The van der Waals surface area contributed by atoms with Crippen LogP contribution in [0, 0.1) is 0 Å². The first-order chi connectivity index (χ1) is 21.3. The van der Waals surface area contributed by atoms with Crippen LogP contribution in [0.1, 0.15) is 20.7 Å². The number of aromatic nitrogens is 2. The molecule has 2 aromatic heterocycles. The van der Waals surface area contributed by atoms with Gasteiger partial charge in [0.2, 0.25) is 11.8 Å². The number of hydrogen-bond acceptors (Lipinski definition) is 8. The Balaban J connectivity index is 0.000000160. The van der Waals surface area contributed by atoms with Gasteiger partial charge in [-0.1, -0.05) is 36.4 Å². The number of carbonyl (C=O) groups is 2. The van der Waals surface area contributed by atoms with Crippen LogP contribution < -0.4 is 5.73 Å². The lowest BCUT2D eigenvalue weighted by atomic mass is 10.1. The molecule has 0 saturated carbocycles. The predicted molar refractivity (Wildman–Crippen MR) is 165 cm³/mol. The molecule has 7 rings (SSSR count). The van der Waals surface area contributed by atoms with Crippen molar-refractivity contribution in [3.8, 4) is 28.7 Å². The van der Waals surface area contributed by atoms with Crippen LogP contribution in [0.5, 0.6) is 5.75 Å². The van der Waals surface area contributed by atoms with Gasteiger partial charge in [0.1, 0.15) is 16.8 Å². The van der Waals surface area contributed by atoms with Crippen LogP contribution in [0.3, 0.4) is 0 Å². The lowest BCUT2D eigenvalue weighted by Crippen LogP contribution is -1.99. The number of rotatable bonds is 4. The number of para-hydroxylation sites is 6. The molecule has 0 spiro atoms. The number of anilines is 1. The molecular formula is C34H25N3O7. The Morgan fingerprint density at radius 2 is 0.932 bits per heavy atom. The van der Waals surface area contributed by atoms with E-state index in [0.717, 1.165) is 33.3 Å². The third-order valence-electron chi connectivity index (χ3n) is 6.28. The van der Waals surface area contributed by atoms with E-state index >= 15 is 0 Å². The number of hydrogen-bond donors (Lipinski definition) is 4. The van der Waals surface area contributed by atoms with E-state index in [1.165, 1.54) is 24.3 Å². The molecule has 0 aliphatic rings. The molecule has 44 heavy (non-hydrogen) atoms. The summed E-state index contributed by atoms with van der Waals surface area (Å²) in [4.78, 5) is 29.7. The molecule has 0 atom stereocenters. The molecule has 0 unspecified atom stereocenters. The lowest BCUT2D eigenvalue weighted by molar-refractivity contribution is 0.0681. The zero-order valence-electron chi connectivity index (χ0n) is 23.0. The van der Waals surface area contributed by atoms with Crippen molar-refractivity contribution in [3.63, 3.8) is 0 Å². The van der Waals surface area contributed by atoms with Gasteiger partial charge in [-0.15, -0.1) is 0 Å². The molecule has 0 bridgehead atoms. The maximum atomic E-state index is 10.3. The summed E-state index contributed by atoms with van der Waals surface area (Å²) in [6.07, 6.45) is 0. The van der Waals surface area contributed by atoms with Gasteiger partial charge in [0.25, 0.3) is 0 Å². The van der Waals surface area contributed by atoms with Crippen molar-refractivity contribution in [1.29, 1.82) is 0 Å². The largest absolute Gasteiger partial charge is 0.506 e. The molecule has 5 N–H and O–H groups in total. The third-order valence-corrected chi connectivity index (χ3v) is 6.28. The molecule has 0 aliphatic heterocycles. The number of nitrogens with two attached hydrogens (primary N) is 1. The van der Waals surface area contributed by atoms with Crippen molar-refractivity contribution < 1.29 is 33.7 Å². The smallest absolute Gasteiger partial charge is 0.335 e. The van der Waals surface area contributed by atoms with Crippen molar-refractivity contribution in [2.45, 2.75) is 0 Å². The van der Waals surface area contributed by atoms with E-state index in [1.807, 2.05) is 72.8 Å². The predicted octanol–water partition coefficient (Wildman–Crippen LogP) is 7.36. The summed E-state index contributed by atoms with van der Waals surface area (Å²) in [5, 5.41) is 25.7. The number of aromatic hydroxyl groups is 1. The molecule has 5 aromatic carbocycles. The average molecular weight is 588 g/mol. The van der Waals surface area contributed by atoms with Gasteiger partial charge in [-0.25, -0.2) is 19.6 Å². The molecule has 0 fully saturated rings. The Bertz CT molecular complexity index is 1830. The summed E-state index contributed by atoms with van der Waals surface area (Å²) in [6.45, 7) is 0. The summed E-state index contributed by atoms with van der Waals surface area (Å²) in [5.74, 6) is -0.757. The minimum Gasteiger partial charge on any atom is -0.506 e. The SMILES string of the molecule is Nc1ccccc1O.O=C(O)c1ccc(C(=O)O)cc1.c1ccc2oc(-c3ccc(-c4nc5ccccc5o4)cc3)nc2c1. The second-order valence-corrected chi connectivity index (χ2v) is 9.30. The fraction of sp³-hybridized carbons (Fsp3) is 0. The number of phenols is 1. The summed E-state index contributed by atoms with van der Waals surface area (Å²) >= 11 is 0. The van der Waals surface area contributed by atoms with E-state index in [4.69, 9.17) is 29.9 Å². The first kappa shape index (κ1) is 29.1. The highest BCUT2D eigenvalue weighted by atomic mass is 16.4. The molecule has 0 amide bonds. The standard InChI is InChI=1S/C20H12N2O2.C8H6O4.C6H7NO/c1-3-7-17-15(5-1)21-19(23-17)13-9-11-14(12-10-13)20-22-16-6-2-4-8-18(16)24-20;9-7(10)5-1-2-6(4-3-5)8(11)12;7-5-3-1-2-4-6(5)8/h1-12H;1-4H,(H,9,10)(H,11,12);1-4,8H,7H2. The minimum absolute atomic E-state index is 0.0833. The third kappa shape index (κ3) is 6.89. The number of nitrogens with zero attached hydrogens (tertiary/aromatic N) is 2. The van der Waals surface area contributed by atoms with Crippen LogP contribution in [0.15, 0.2) is 130 Å². The van der Waals surface area contributed by atoms with Gasteiger partial charge >= 0.3 is 11.9 Å². The van der Waals surface area contributed by atoms with E-state index in [0.29, 0.717) is 17.5 Å². The Labute approximate surface area is 250 Å². The molecule has 0 radical (unpaired) electrons. The summed E-state index contributed by atoms with van der Waals surface area (Å²) in [7, 11) is 0. The Morgan fingerprint density at radius 3 is 1.27 bits per heavy atom. The van der Waals surface area contributed by atoms with Crippen molar-refractivity contribution >= 4 is 39.8 Å². The highest BCUT2D eigenvalue weighted by Crippen LogP contribution is 2.28. The lowest BCUT2D eigenvalue weighted by Gasteiger charge is -1.97. The van der Waals surface area contributed by atoms with Crippen LogP contribution in [-0.2, 0) is 0 Å². The maximum Gasteiger partial charge on any atom is 0.335 e. The van der Waals surface area contributed by atoms with Crippen LogP contribution in [0.4, 0.5) is 5.69 Å². The molecule has 0 aliphatic carbocycles. The number of carboxylic acid groups (broad SMARTS) is 2. The highest BCUT2D eigenvalue weighted by Gasteiger charge is 2.11. The van der Waals surface area contributed by atoms with E-state index in [9.17, 15) is 9.59 Å². The zero-order chi connectivity index (χ0) is 31.1. The molecule has 0 saturated heterocycles. The Hall–Kier alpha value is -6.42. The first-order valence-electron chi connectivity index (χ1n) is 13.2. The molecule has 10 nitrogen and oxygen atoms in total. The second-order valence-electron chi connectivity index (χ2n) is 9.30. The zero-order valence-corrected chi connectivity index (χ0v) is 23.0. The van der Waals surface area contributed by atoms with Crippen molar-refractivity contribution in [2.24, 2.45) is 0 Å². The van der Waals surface area contributed by atoms with Crippen LogP contribution in [0.25, 0.3) is 45.1 Å². The molecular weight excluding hydrogens is 562 g/mol. The summed E-state index contributed by atoms with van der Waals surface area (Å²) < 4.78 is 11.6. The van der Waals surface area contributed by atoms with Gasteiger partial charge in [-0.05, 0) is 84.9 Å². The molecule has 2 heterocycles. The average Bonchev–Trinajstić information content (AvgIpc) is 3.68. The van der Waals surface area contributed by atoms with Crippen LogP contribution in [0.2, 0.25) is 0 Å². The summed E-state index contributed by atoms with van der Waals surface area (Å²) in [5.41, 5.74) is 11.0. The van der Waals surface area contributed by atoms with Crippen molar-refractivity contribution in [3.05, 3.63) is 132 Å². The monoisotopic (exact) mass is 587 g/mol. The van der Waals surface area contributed by atoms with E-state index in [2.05, 4.69) is 9.97 Å². The number of carboxylic acids is 2. The highest BCUT2D eigenvalue weighted by molar-refractivity contribution is 5.91. The van der Waals surface area contributed by atoms with Gasteiger partial charge in [-0.3, -0.25) is 0 Å². The van der Waals surface area contributed by atoms with Gasteiger partial charge in [0.05, 0.1) is 16.8 Å². The Morgan fingerprint density at radius 1 is 0.545 bits per heavy atom. The topological polar surface area (TPSA) is 173 Å². The first-order valence-corrected chi connectivity index (χ1v) is 13.2. The van der Waals surface area contributed by atoms with Crippen LogP contribution in [-0.4, -0.2) is 37.2 Å². The van der Waals surface area contributed by atoms with Crippen molar-refractivity contribution in [2.75, 3.05) is 5.73 Å². The Kier molecular flexibility index (Phi) is 8.62. The number of oxazole rings is 2. The minimum atomic E-state index is -1.06. The number of benzene rings is 5. The van der Waals surface area contributed by atoms with Gasteiger partial charge in [-0.2, -0.15) is 0 Å². The summed E-state index contributed by atoms with van der Waals surface area (Å²) in [6, 6.07) is 35.1. The number of fused-ring (bicyclic) bond motifs is 2. The number of aromatic carboxylic acids is 2. The van der Waals surface area contributed by atoms with Gasteiger partial charge in [0, 0.05) is 11.1 Å². The van der Waals surface area contributed by atoms with E-state index < -0.39 is 11.9 Å². The van der Waals surface area contributed by atoms with Gasteiger partial charge < -0.3 is 29.9 Å². The second kappa shape index (κ2) is 13.0. The number of phenolic OH excluding ortho intramolecular Hbond substituents is 1. The normalized spacial score (nSPS) is 10.4. The fourth-order valence-corrected chi connectivity index (χ4v) is 3.99. The number of nitrogen functional groups attached to an aromatic ring is 1. The van der Waals surface area contributed by atoms with Crippen LogP contribution >= 0.6 is 0 Å². The van der Waals surface area contributed by atoms with Gasteiger partial charge in [0.15, 0.2) is 11.2 Å². The fourth-order valence-electron chi connectivity index (χ4n) is 3.99. The van der Waals surface area contributed by atoms with Crippen molar-refractivity contribution in [1.82, 2.24) is 9.97 Å².